The molecule has 0 saturated carbocycles. The molecule has 0 aromatic carbocycles. The molecule has 0 amide bonds. The molecule has 0 aliphatic carbocycles. The third-order valence-electron chi connectivity index (χ3n) is 0. The standard InChI is InChI=1S/ClH.H3O2P/c;1-3-2/h1H;3H2,(H,1,2). The van der Waals surface area contributed by atoms with E-state index in [1.165, 1.54) is 0 Å². The van der Waals surface area contributed by atoms with Crippen LogP contribution in [0.1, 0.15) is 0 Å². The predicted molar refractivity (Wildman–Crippen MR) is 19.9 cm³/mol. The lowest BCUT2D eigenvalue weighted by molar-refractivity contribution is 0.524. The van der Waals surface area contributed by atoms with Crippen molar-refractivity contribution in [1.29, 1.82) is 0 Å². The highest BCUT2D eigenvalue weighted by Gasteiger charge is 1.17. The Morgan fingerprint density at radius 1 is 1.75 bits per heavy atom. The molecular formula is H4ClO2P. The molecule has 0 saturated heterocycles. The largest absolute Gasteiger partial charge is 0.348 e. The highest BCUT2D eigenvalue weighted by atomic mass is 35.5. The minimum absolute atomic E-state index is 0. The molecule has 4 heavy (non-hydrogen) atoms. The van der Waals surface area contributed by atoms with Gasteiger partial charge in [0, 0.05) is 0 Å². The smallest absolute Gasteiger partial charge is 0.177 e. The van der Waals surface area contributed by atoms with E-state index in [0.717, 1.165) is 0 Å². The zero-order valence-corrected chi connectivity index (χ0v) is 3.81. The summed E-state index contributed by atoms with van der Waals surface area (Å²) in [6.07, 6.45) is 0. The van der Waals surface area contributed by atoms with Crippen molar-refractivity contribution in [3.63, 3.8) is 0 Å². The zero-order chi connectivity index (χ0) is 2.71. The third-order valence-corrected chi connectivity index (χ3v) is 0. The van der Waals surface area contributed by atoms with Crippen LogP contribution in [0.15, 0.2) is 0 Å². The maximum absolute atomic E-state index is 8.57. The second-order valence-electron chi connectivity index (χ2n) is 0.105. The summed E-state index contributed by atoms with van der Waals surface area (Å²) in [5.74, 6) is 0. The van der Waals surface area contributed by atoms with Gasteiger partial charge >= 0.3 is 0 Å². The molecule has 0 aromatic rings. The van der Waals surface area contributed by atoms with E-state index in [0.29, 0.717) is 0 Å². The summed E-state index contributed by atoms with van der Waals surface area (Å²) < 4.78 is 8.57. The Kier molecular flexibility index (Phi) is 21.5. The van der Waals surface area contributed by atoms with E-state index < -0.39 is 8.69 Å². The Morgan fingerprint density at radius 3 is 1.75 bits per heavy atom. The first kappa shape index (κ1) is 8.82. The highest BCUT2D eigenvalue weighted by Crippen LogP contribution is 1.66. The van der Waals surface area contributed by atoms with Gasteiger partial charge in [-0.3, -0.25) is 4.57 Å². The summed E-state index contributed by atoms with van der Waals surface area (Å²) in [6, 6.07) is 0. The first-order valence-corrected chi connectivity index (χ1v) is 1.48. The lowest BCUT2D eigenvalue weighted by atomic mass is 15.9. The van der Waals surface area contributed by atoms with Crippen molar-refractivity contribution in [2.75, 3.05) is 0 Å². The summed E-state index contributed by atoms with van der Waals surface area (Å²) in [5, 5.41) is 0. The van der Waals surface area contributed by atoms with E-state index in [2.05, 4.69) is 0 Å². The maximum atomic E-state index is 8.57. The summed E-state index contributed by atoms with van der Waals surface area (Å²) in [7, 11) is -1.50. The minimum atomic E-state index is -1.50. The normalized spacial score (nSPS) is 7.25. The van der Waals surface area contributed by atoms with Crippen molar-refractivity contribution in [3.05, 3.63) is 0 Å². The zero-order valence-electron chi connectivity index (χ0n) is 1.84. The molecule has 1 unspecified atom stereocenters. The summed E-state index contributed by atoms with van der Waals surface area (Å²) in [4.78, 5) is 7.10. The van der Waals surface area contributed by atoms with E-state index in [4.69, 9.17) is 9.46 Å². The fraction of sp³-hybridized carbons (Fsp3) is 0. The molecule has 0 rings (SSSR count). The molecule has 0 bridgehead atoms. The fourth-order valence-corrected chi connectivity index (χ4v) is 0. The molecule has 0 aromatic heterocycles. The van der Waals surface area contributed by atoms with Gasteiger partial charge in [-0.2, -0.15) is 0 Å². The second kappa shape index (κ2) is 9.77. The molecule has 2 nitrogen and oxygen atoms in total. The predicted octanol–water partition coefficient (Wildman–Crippen LogP) is 0.0718. The molecule has 1 atom stereocenters. The van der Waals surface area contributed by atoms with Crippen molar-refractivity contribution < 1.29 is 9.46 Å². The maximum Gasteiger partial charge on any atom is 0.177 e. The van der Waals surface area contributed by atoms with Crippen LogP contribution >= 0.6 is 21.1 Å². The number of halogens is 1. The Balaban J connectivity index is 0. The molecule has 0 heterocycles. The second-order valence-corrected chi connectivity index (χ2v) is 0.316. The van der Waals surface area contributed by atoms with Crippen LogP contribution in [0, 0.1) is 0 Å². The molecule has 0 aliphatic heterocycles. The van der Waals surface area contributed by atoms with Gasteiger partial charge in [0.05, 0.1) is 0 Å². The molecule has 28 valence electrons. The average molecular weight is 102 g/mol. The Bertz CT molecular complexity index is 13.5. The number of hydrogen-bond acceptors (Lipinski definition) is 1. The molecule has 0 aliphatic rings. The van der Waals surface area contributed by atoms with Crippen LogP contribution in [0.5, 0.6) is 0 Å². The Morgan fingerprint density at radius 2 is 1.75 bits per heavy atom. The van der Waals surface area contributed by atoms with Gasteiger partial charge in [0.25, 0.3) is 0 Å². The number of hydrogen-bond donors (Lipinski definition) is 1. The first-order chi connectivity index (χ1) is 1.41. The van der Waals surface area contributed by atoms with E-state index in [-0.39, 0.29) is 12.4 Å². The van der Waals surface area contributed by atoms with Crippen molar-refractivity contribution in [1.82, 2.24) is 0 Å². The highest BCUT2D eigenvalue weighted by molar-refractivity contribution is 7.16. The molecule has 0 spiro atoms. The van der Waals surface area contributed by atoms with Gasteiger partial charge in [0.1, 0.15) is 0 Å². The monoisotopic (exact) mass is 102 g/mol. The molecule has 0 fully saturated rings. The van der Waals surface area contributed by atoms with Gasteiger partial charge in [0.15, 0.2) is 8.69 Å². The average Bonchev–Trinajstić information content (AvgIpc) is 0.918. The van der Waals surface area contributed by atoms with Crippen LogP contribution in [0.2, 0.25) is 0 Å². The number of rotatable bonds is 0. The molecule has 4 heteroatoms. The lowest BCUT2D eigenvalue weighted by Gasteiger charge is -1.33. The van der Waals surface area contributed by atoms with Crippen molar-refractivity contribution >= 4 is 21.1 Å². The van der Waals surface area contributed by atoms with Gasteiger partial charge in [-0.15, -0.1) is 12.4 Å². The summed E-state index contributed by atoms with van der Waals surface area (Å²) in [6.45, 7) is 0. The van der Waals surface area contributed by atoms with Gasteiger partial charge in [-0.1, -0.05) is 0 Å². The SMILES string of the molecule is Cl.O=[PH2]O. The van der Waals surface area contributed by atoms with E-state index in [1.54, 1.807) is 0 Å². The van der Waals surface area contributed by atoms with Crippen LogP contribution in [-0.4, -0.2) is 4.89 Å². The van der Waals surface area contributed by atoms with Gasteiger partial charge in [0.2, 0.25) is 0 Å². The fourth-order valence-electron chi connectivity index (χ4n) is 0. The summed E-state index contributed by atoms with van der Waals surface area (Å²) >= 11 is 0. The minimum Gasteiger partial charge on any atom is -0.348 e. The first-order valence-electron chi connectivity index (χ1n) is 0.494. The van der Waals surface area contributed by atoms with Crippen LogP contribution in [0.4, 0.5) is 0 Å². The van der Waals surface area contributed by atoms with Gasteiger partial charge < -0.3 is 4.89 Å². The Hall–Kier alpha value is 0.480. The summed E-state index contributed by atoms with van der Waals surface area (Å²) in [5.41, 5.74) is 0. The van der Waals surface area contributed by atoms with Crippen LogP contribution in [0.3, 0.4) is 0 Å². The topological polar surface area (TPSA) is 37.3 Å². The van der Waals surface area contributed by atoms with E-state index in [9.17, 15) is 0 Å². The van der Waals surface area contributed by atoms with Gasteiger partial charge in [-0.05, 0) is 0 Å². The van der Waals surface area contributed by atoms with Crippen molar-refractivity contribution in [2.24, 2.45) is 0 Å². The molecular weight excluding hydrogens is 98.4 g/mol. The van der Waals surface area contributed by atoms with E-state index >= 15 is 0 Å². The molecule has 0 radical (unpaired) electrons. The quantitative estimate of drug-likeness (QED) is 0.440. The van der Waals surface area contributed by atoms with Crippen LogP contribution in [0.25, 0.3) is 0 Å². The van der Waals surface area contributed by atoms with Crippen molar-refractivity contribution in [3.8, 4) is 0 Å². The van der Waals surface area contributed by atoms with Gasteiger partial charge in [-0.25, -0.2) is 0 Å². The van der Waals surface area contributed by atoms with Crippen LogP contribution < -0.4 is 0 Å². The lowest BCUT2D eigenvalue weighted by Crippen LogP contribution is -1.03. The third kappa shape index (κ3) is 23.6. The molecule has 1 N–H and O–H groups in total. The van der Waals surface area contributed by atoms with Crippen LogP contribution in [-0.2, 0) is 4.57 Å². The van der Waals surface area contributed by atoms with Crippen molar-refractivity contribution in [2.45, 2.75) is 0 Å². The Labute approximate surface area is 31.5 Å². The van der Waals surface area contributed by atoms with E-state index in [1.807, 2.05) is 0 Å².